The highest BCUT2D eigenvalue weighted by atomic mass is 16.4. The van der Waals surface area contributed by atoms with Gasteiger partial charge in [0.15, 0.2) is 0 Å². The monoisotopic (exact) mass is 247 g/mol. The molecule has 0 spiro atoms. The molecule has 18 heavy (non-hydrogen) atoms. The Morgan fingerprint density at radius 3 is 2.67 bits per heavy atom. The van der Waals surface area contributed by atoms with E-state index in [2.05, 4.69) is 4.98 Å². The Morgan fingerprint density at radius 2 is 2.22 bits per heavy atom. The summed E-state index contributed by atoms with van der Waals surface area (Å²) in [5, 5.41) is 17.3. The third kappa shape index (κ3) is 3.04. The number of carboxylic acids is 1. The fourth-order valence-corrected chi connectivity index (χ4v) is 1.30. The van der Waals surface area contributed by atoms with Crippen molar-refractivity contribution >= 4 is 11.9 Å². The van der Waals surface area contributed by atoms with Crippen LogP contribution in [0, 0.1) is 11.3 Å². The van der Waals surface area contributed by atoms with Gasteiger partial charge < -0.3 is 10.0 Å². The summed E-state index contributed by atoms with van der Waals surface area (Å²) in [4.78, 5) is 27.8. The fourth-order valence-electron chi connectivity index (χ4n) is 1.30. The second-order valence-electron chi connectivity index (χ2n) is 3.86. The van der Waals surface area contributed by atoms with Crippen molar-refractivity contribution in [1.82, 2.24) is 9.88 Å². The van der Waals surface area contributed by atoms with Crippen LogP contribution in [-0.4, -0.2) is 40.0 Å². The second kappa shape index (κ2) is 5.77. The van der Waals surface area contributed by atoms with Crippen molar-refractivity contribution in [3.05, 3.63) is 29.6 Å². The molecule has 0 saturated heterocycles. The fraction of sp³-hybridized carbons (Fsp3) is 0.333. The highest BCUT2D eigenvalue weighted by molar-refractivity contribution is 5.93. The minimum atomic E-state index is -1.09. The van der Waals surface area contributed by atoms with Gasteiger partial charge in [0.2, 0.25) is 0 Å². The lowest BCUT2D eigenvalue weighted by Gasteiger charge is -2.22. The zero-order chi connectivity index (χ0) is 13.7. The zero-order valence-corrected chi connectivity index (χ0v) is 10.1. The summed E-state index contributed by atoms with van der Waals surface area (Å²) in [5.74, 6) is -1.43. The number of hydrogen-bond acceptors (Lipinski definition) is 4. The van der Waals surface area contributed by atoms with Gasteiger partial charge in [-0.3, -0.25) is 9.78 Å². The van der Waals surface area contributed by atoms with Crippen LogP contribution in [0.2, 0.25) is 0 Å². The topological polar surface area (TPSA) is 94.3 Å². The molecule has 1 heterocycles. The number of rotatable bonds is 4. The van der Waals surface area contributed by atoms with Crippen LogP contribution in [0.5, 0.6) is 0 Å². The summed E-state index contributed by atoms with van der Waals surface area (Å²) in [5.41, 5.74) is 0.187. The van der Waals surface area contributed by atoms with Crippen molar-refractivity contribution < 1.29 is 14.7 Å². The average molecular weight is 247 g/mol. The molecule has 1 unspecified atom stereocenters. The molecular formula is C12H13N3O3. The molecule has 0 saturated carbocycles. The van der Waals surface area contributed by atoms with Gasteiger partial charge in [-0.2, -0.15) is 5.26 Å². The maximum absolute atomic E-state index is 11.9. The number of carbonyl (C=O) groups is 2. The molecule has 0 aromatic carbocycles. The van der Waals surface area contributed by atoms with Gasteiger partial charge in [0.25, 0.3) is 5.91 Å². The standard InChI is InChI=1S/C12H13N3O3/c1-8(5-6-13)15(2)11(16)10-4-3-9(7-14-10)12(17)18/h3-4,7-8H,5H2,1-2H3,(H,17,18). The number of aromatic carboxylic acids is 1. The van der Waals surface area contributed by atoms with Gasteiger partial charge in [0.05, 0.1) is 18.1 Å². The smallest absolute Gasteiger partial charge is 0.337 e. The van der Waals surface area contributed by atoms with E-state index in [0.29, 0.717) is 0 Å². The van der Waals surface area contributed by atoms with Crippen LogP contribution in [0.25, 0.3) is 0 Å². The van der Waals surface area contributed by atoms with Crippen molar-refractivity contribution in [3.63, 3.8) is 0 Å². The Bertz CT molecular complexity index is 490. The molecule has 1 aromatic heterocycles. The number of amides is 1. The van der Waals surface area contributed by atoms with E-state index in [1.165, 1.54) is 17.0 Å². The number of aromatic nitrogens is 1. The van der Waals surface area contributed by atoms with Crippen molar-refractivity contribution in [2.75, 3.05) is 7.05 Å². The van der Waals surface area contributed by atoms with Crippen molar-refractivity contribution in [1.29, 1.82) is 5.26 Å². The summed E-state index contributed by atoms with van der Waals surface area (Å²) in [6, 6.07) is 4.45. The lowest BCUT2D eigenvalue weighted by molar-refractivity contribution is 0.0691. The van der Waals surface area contributed by atoms with Crippen molar-refractivity contribution in [3.8, 4) is 6.07 Å². The van der Waals surface area contributed by atoms with Gasteiger partial charge in [0, 0.05) is 19.3 Å². The Kier molecular flexibility index (Phi) is 4.38. The van der Waals surface area contributed by atoms with E-state index in [1.54, 1.807) is 14.0 Å². The molecule has 0 aliphatic rings. The van der Waals surface area contributed by atoms with E-state index < -0.39 is 5.97 Å². The van der Waals surface area contributed by atoms with Crippen LogP contribution in [0.1, 0.15) is 34.2 Å². The molecule has 0 aliphatic heterocycles. The summed E-state index contributed by atoms with van der Waals surface area (Å²) >= 11 is 0. The third-order valence-corrected chi connectivity index (χ3v) is 2.60. The number of carboxylic acid groups (broad SMARTS) is 1. The first-order chi connectivity index (χ1) is 8.47. The number of hydrogen-bond donors (Lipinski definition) is 1. The van der Waals surface area contributed by atoms with E-state index in [9.17, 15) is 9.59 Å². The quantitative estimate of drug-likeness (QED) is 0.861. The Labute approximate surface area is 104 Å². The lowest BCUT2D eigenvalue weighted by atomic mass is 10.2. The number of pyridine rings is 1. The SMILES string of the molecule is CC(CC#N)N(C)C(=O)c1ccc(C(=O)O)cn1. The molecule has 94 valence electrons. The molecule has 6 nitrogen and oxygen atoms in total. The first-order valence-corrected chi connectivity index (χ1v) is 5.30. The van der Waals surface area contributed by atoms with Gasteiger partial charge in [-0.15, -0.1) is 0 Å². The summed E-state index contributed by atoms with van der Waals surface area (Å²) in [6.07, 6.45) is 1.37. The minimum absolute atomic E-state index is 0.0271. The largest absolute Gasteiger partial charge is 0.478 e. The molecule has 6 heteroatoms. The molecule has 0 fully saturated rings. The van der Waals surface area contributed by atoms with Crippen LogP contribution < -0.4 is 0 Å². The third-order valence-electron chi connectivity index (χ3n) is 2.60. The van der Waals surface area contributed by atoms with E-state index in [1.807, 2.05) is 6.07 Å². The van der Waals surface area contributed by atoms with Crippen LogP contribution in [0.4, 0.5) is 0 Å². The van der Waals surface area contributed by atoms with Gasteiger partial charge in [-0.1, -0.05) is 0 Å². The minimum Gasteiger partial charge on any atom is -0.478 e. The van der Waals surface area contributed by atoms with Gasteiger partial charge in [-0.25, -0.2) is 4.79 Å². The van der Waals surface area contributed by atoms with Crippen LogP contribution >= 0.6 is 0 Å². The molecule has 0 radical (unpaired) electrons. The zero-order valence-electron chi connectivity index (χ0n) is 10.1. The molecule has 0 aliphatic carbocycles. The molecule has 1 N–H and O–H groups in total. The maximum atomic E-state index is 11.9. The van der Waals surface area contributed by atoms with Crippen molar-refractivity contribution in [2.24, 2.45) is 0 Å². The summed E-state index contributed by atoms with van der Waals surface area (Å²) < 4.78 is 0. The normalized spacial score (nSPS) is 11.4. The molecule has 1 atom stereocenters. The predicted octanol–water partition coefficient (Wildman–Crippen LogP) is 1.15. The highest BCUT2D eigenvalue weighted by Gasteiger charge is 2.18. The van der Waals surface area contributed by atoms with E-state index in [-0.39, 0.29) is 29.6 Å². The molecule has 1 rings (SSSR count). The maximum Gasteiger partial charge on any atom is 0.337 e. The highest BCUT2D eigenvalue weighted by Crippen LogP contribution is 2.07. The first-order valence-electron chi connectivity index (χ1n) is 5.30. The average Bonchev–Trinajstić information content (AvgIpc) is 2.37. The Balaban J connectivity index is 2.84. The van der Waals surface area contributed by atoms with Gasteiger partial charge in [0.1, 0.15) is 5.69 Å². The summed E-state index contributed by atoms with van der Waals surface area (Å²) in [7, 11) is 1.58. The molecule has 0 bridgehead atoms. The first kappa shape index (κ1) is 13.6. The Hall–Kier alpha value is -2.42. The number of nitrogens with zero attached hydrogens (tertiary/aromatic N) is 3. The van der Waals surface area contributed by atoms with E-state index >= 15 is 0 Å². The van der Waals surface area contributed by atoms with Crippen LogP contribution in [-0.2, 0) is 0 Å². The van der Waals surface area contributed by atoms with Crippen molar-refractivity contribution in [2.45, 2.75) is 19.4 Å². The Morgan fingerprint density at radius 1 is 1.56 bits per heavy atom. The van der Waals surface area contributed by atoms with E-state index in [0.717, 1.165) is 6.20 Å². The van der Waals surface area contributed by atoms with Gasteiger partial charge in [-0.05, 0) is 19.1 Å². The lowest BCUT2D eigenvalue weighted by Crippen LogP contribution is -2.35. The van der Waals surface area contributed by atoms with Gasteiger partial charge >= 0.3 is 5.97 Å². The second-order valence-corrected chi connectivity index (χ2v) is 3.86. The summed E-state index contributed by atoms with van der Waals surface area (Å²) in [6.45, 7) is 1.76. The number of carbonyl (C=O) groups excluding carboxylic acids is 1. The molecule has 1 amide bonds. The molecule has 1 aromatic rings. The van der Waals surface area contributed by atoms with Crippen LogP contribution in [0.3, 0.4) is 0 Å². The van der Waals surface area contributed by atoms with Crippen LogP contribution in [0.15, 0.2) is 18.3 Å². The number of nitriles is 1. The molecular weight excluding hydrogens is 234 g/mol. The predicted molar refractivity (Wildman–Crippen MR) is 63.0 cm³/mol. The van der Waals surface area contributed by atoms with E-state index in [4.69, 9.17) is 10.4 Å².